The van der Waals surface area contributed by atoms with Crippen LogP contribution in [0.2, 0.25) is 0 Å². The molecule has 0 radical (unpaired) electrons. The van der Waals surface area contributed by atoms with E-state index in [2.05, 4.69) is 15.3 Å². The number of sulfone groups is 1. The summed E-state index contributed by atoms with van der Waals surface area (Å²) in [4.78, 5) is 36.1. The monoisotopic (exact) mass is 496 g/mol. The second kappa shape index (κ2) is 8.04. The largest absolute Gasteiger partial charge is 0.381 e. The number of imidazole rings is 1. The summed E-state index contributed by atoms with van der Waals surface area (Å²) in [6.07, 6.45) is 6.36. The van der Waals surface area contributed by atoms with E-state index in [0.29, 0.717) is 34.9 Å². The van der Waals surface area contributed by atoms with E-state index in [1.807, 2.05) is 26.8 Å². The highest BCUT2D eigenvalue weighted by atomic mass is 32.2. The SMILES string of the molecule is CC(C)NC(=O)c1cn2c(-c3cc4c(c(S(C)(=O)=O)c3)C(=O)N([C@@H](C)C3CC3)C4)cnc2c(N)n1. The normalized spacial score (nSPS) is 16.7. The first-order valence-electron chi connectivity index (χ1n) is 11.6. The van der Waals surface area contributed by atoms with Crippen molar-refractivity contribution in [2.24, 2.45) is 5.92 Å². The fourth-order valence-electron chi connectivity index (χ4n) is 4.71. The van der Waals surface area contributed by atoms with E-state index < -0.39 is 9.84 Å². The number of anilines is 1. The summed E-state index contributed by atoms with van der Waals surface area (Å²) < 4.78 is 27.2. The molecule has 5 rings (SSSR count). The Morgan fingerprint density at radius 1 is 1.23 bits per heavy atom. The predicted molar refractivity (Wildman–Crippen MR) is 131 cm³/mol. The van der Waals surface area contributed by atoms with Crippen molar-refractivity contribution in [3.8, 4) is 11.3 Å². The quantitative estimate of drug-likeness (QED) is 0.533. The van der Waals surface area contributed by atoms with Crippen molar-refractivity contribution in [1.82, 2.24) is 24.6 Å². The van der Waals surface area contributed by atoms with Crippen molar-refractivity contribution in [1.29, 1.82) is 0 Å². The molecule has 1 aliphatic carbocycles. The molecule has 1 atom stereocenters. The van der Waals surface area contributed by atoms with Gasteiger partial charge >= 0.3 is 0 Å². The van der Waals surface area contributed by atoms with Gasteiger partial charge in [-0.15, -0.1) is 0 Å². The maximum atomic E-state index is 13.3. The molecule has 35 heavy (non-hydrogen) atoms. The number of aromatic nitrogens is 3. The number of carbonyl (C=O) groups excluding carboxylic acids is 2. The maximum Gasteiger partial charge on any atom is 0.271 e. The fourth-order valence-corrected chi connectivity index (χ4v) is 5.64. The summed E-state index contributed by atoms with van der Waals surface area (Å²) in [5, 5.41) is 2.79. The van der Waals surface area contributed by atoms with Crippen LogP contribution in [0.1, 0.15) is 60.0 Å². The van der Waals surface area contributed by atoms with Gasteiger partial charge in [0.25, 0.3) is 11.8 Å². The van der Waals surface area contributed by atoms with Crippen molar-refractivity contribution in [2.45, 2.75) is 57.1 Å². The van der Waals surface area contributed by atoms with Crippen LogP contribution in [0.25, 0.3) is 16.9 Å². The number of rotatable bonds is 6. The van der Waals surface area contributed by atoms with Gasteiger partial charge in [0.1, 0.15) is 5.69 Å². The number of nitrogens with two attached hydrogens (primary N) is 1. The molecular weight excluding hydrogens is 468 g/mol. The molecule has 0 spiro atoms. The zero-order chi connectivity index (χ0) is 25.2. The van der Waals surface area contributed by atoms with Crippen LogP contribution in [-0.2, 0) is 16.4 Å². The summed E-state index contributed by atoms with van der Waals surface area (Å²) >= 11 is 0. The molecule has 184 valence electrons. The molecule has 3 aromatic rings. The molecule has 10 nitrogen and oxygen atoms in total. The van der Waals surface area contributed by atoms with Crippen LogP contribution < -0.4 is 11.1 Å². The molecule has 0 unspecified atom stereocenters. The third-order valence-electron chi connectivity index (χ3n) is 6.66. The molecule has 0 bridgehead atoms. The zero-order valence-electron chi connectivity index (χ0n) is 20.1. The first kappa shape index (κ1) is 23.3. The molecule has 1 aliphatic heterocycles. The van der Waals surface area contributed by atoms with Gasteiger partial charge in [0.15, 0.2) is 21.3 Å². The Kier molecular flexibility index (Phi) is 5.35. The highest BCUT2D eigenvalue weighted by molar-refractivity contribution is 7.90. The van der Waals surface area contributed by atoms with Crippen molar-refractivity contribution >= 4 is 33.1 Å². The van der Waals surface area contributed by atoms with Crippen molar-refractivity contribution in [3.05, 3.63) is 41.3 Å². The Morgan fingerprint density at radius 2 is 1.94 bits per heavy atom. The molecule has 2 aliphatic rings. The standard InChI is InChI=1S/C24H28N6O4S/c1-12(2)27-23(31)17-11-30-18(9-26-22(30)21(25)28-17)15-7-16-10-29(13(3)14-5-6-14)24(32)20(16)19(8-15)35(4,33)34/h7-9,11-14H,5-6,10H2,1-4H3,(H2,25,28)(H,27,31)/t13-/m0/s1. The van der Waals surface area contributed by atoms with E-state index >= 15 is 0 Å². The lowest BCUT2D eigenvalue weighted by atomic mass is 10.0. The summed E-state index contributed by atoms with van der Waals surface area (Å²) in [5.41, 5.74) is 8.57. The van der Waals surface area contributed by atoms with E-state index in [1.165, 1.54) is 12.3 Å². The van der Waals surface area contributed by atoms with Gasteiger partial charge in [-0.25, -0.2) is 18.4 Å². The Morgan fingerprint density at radius 3 is 2.57 bits per heavy atom. The van der Waals surface area contributed by atoms with E-state index in [0.717, 1.165) is 19.1 Å². The summed E-state index contributed by atoms with van der Waals surface area (Å²) in [7, 11) is -3.70. The number of fused-ring (bicyclic) bond motifs is 2. The Bertz CT molecular complexity index is 1490. The number of amides is 2. The van der Waals surface area contributed by atoms with Gasteiger partial charge in [-0.1, -0.05) is 0 Å². The van der Waals surface area contributed by atoms with Crippen LogP contribution >= 0.6 is 0 Å². The Balaban J connectivity index is 1.65. The minimum absolute atomic E-state index is 0.00440. The smallest absolute Gasteiger partial charge is 0.271 e. The first-order valence-corrected chi connectivity index (χ1v) is 13.5. The highest BCUT2D eigenvalue weighted by Gasteiger charge is 2.41. The topological polar surface area (TPSA) is 140 Å². The second-order valence-electron chi connectivity index (χ2n) is 9.77. The van der Waals surface area contributed by atoms with Gasteiger partial charge in [-0.2, -0.15) is 0 Å². The lowest BCUT2D eigenvalue weighted by molar-refractivity contribution is 0.0694. The molecule has 1 aromatic carbocycles. The minimum atomic E-state index is -3.70. The fraction of sp³-hybridized carbons (Fsp3) is 0.417. The molecular formula is C24H28N6O4S. The number of nitrogens with one attached hydrogen (secondary N) is 1. The van der Waals surface area contributed by atoms with Gasteiger partial charge < -0.3 is 16.0 Å². The third kappa shape index (κ3) is 4.03. The summed E-state index contributed by atoms with van der Waals surface area (Å²) in [6, 6.07) is 3.30. The maximum absolute atomic E-state index is 13.3. The number of carbonyl (C=O) groups is 2. The first-order chi connectivity index (χ1) is 16.5. The molecule has 0 saturated heterocycles. The Labute approximate surface area is 203 Å². The second-order valence-corrected chi connectivity index (χ2v) is 11.8. The Hall–Kier alpha value is -3.47. The summed E-state index contributed by atoms with van der Waals surface area (Å²) in [5.74, 6) is -0.0873. The van der Waals surface area contributed by atoms with Crippen LogP contribution in [0, 0.1) is 5.92 Å². The third-order valence-corrected chi connectivity index (χ3v) is 7.78. The van der Waals surface area contributed by atoms with Crippen molar-refractivity contribution in [2.75, 3.05) is 12.0 Å². The lowest BCUT2D eigenvalue weighted by Gasteiger charge is -2.24. The van der Waals surface area contributed by atoms with Crippen LogP contribution in [0.15, 0.2) is 29.4 Å². The number of nitrogens with zero attached hydrogens (tertiary/aromatic N) is 4. The summed E-state index contributed by atoms with van der Waals surface area (Å²) in [6.45, 7) is 6.06. The van der Waals surface area contributed by atoms with Gasteiger partial charge in [-0.3, -0.25) is 14.0 Å². The van der Waals surface area contributed by atoms with Crippen LogP contribution in [0.5, 0.6) is 0 Å². The van der Waals surface area contributed by atoms with Gasteiger partial charge in [0.2, 0.25) is 0 Å². The van der Waals surface area contributed by atoms with Gasteiger partial charge in [-0.05, 0) is 57.2 Å². The molecule has 3 heterocycles. The highest BCUT2D eigenvalue weighted by Crippen LogP contribution is 2.41. The van der Waals surface area contributed by atoms with E-state index in [-0.39, 0.29) is 45.9 Å². The van der Waals surface area contributed by atoms with Gasteiger partial charge in [0.05, 0.1) is 22.3 Å². The molecule has 2 amide bonds. The van der Waals surface area contributed by atoms with Crippen LogP contribution in [-0.4, -0.2) is 57.8 Å². The number of benzene rings is 1. The van der Waals surface area contributed by atoms with Crippen LogP contribution in [0.4, 0.5) is 5.82 Å². The number of hydrogen-bond acceptors (Lipinski definition) is 7. The number of hydrogen-bond donors (Lipinski definition) is 2. The van der Waals surface area contributed by atoms with Crippen LogP contribution in [0.3, 0.4) is 0 Å². The predicted octanol–water partition coefficient (Wildman–Crippen LogP) is 2.27. The number of nitrogen functional groups attached to an aromatic ring is 1. The average Bonchev–Trinajstić information content (AvgIpc) is 3.45. The van der Waals surface area contributed by atoms with E-state index in [1.54, 1.807) is 15.5 Å². The average molecular weight is 497 g/mol. The minimum Gasteiger partial charge on any atom is -0.381 e. The lowest BCUT2D eigenvalue weighted by Crippen LogP contribution is -2.35. The van der Waals surface area contributed by atoms with Crippen molar-refractivity contribution in [3.63, 3.8) is 0 Å². The molecule has 1 fully saturated rings. The van der Waals surface area contributed by atoms with E-state index in [4.69, 9.17) is 5.73 Å². The molecule has 1 saturated carbocycles. The molecule has 11 heteroatoms. The van der Waals surface area contributed by atoms with Gasteiger partial charge in [0, 0.05) is 36.6 Å². The van der Waals surface area contributed by atoms with Crippen molar-refractivity contribution < 1.29 is 18.0 Å². The molecule has 2 aromatic heterocycles. The molecule has 3 N–H and O–H groups in total. The van der Waals surface area contributed by atoms with E-state index in [9.17, 15) is 18.0 Å². The zero-order valence-corrected chi connectivity index (χ0v) is 20.9.